The molecule has 5 nitrogen and oxygen atoms in total. The summed E-state index contributed by atoms with van der Waals surface area (Å²) < 4.78 is 4.84. The number of esters is 1. The zero-order chi connectivity index (χ0) is 11.0. The fourth-order valence-electron chi connectivity index (χ4n) is 2.07. The first-order valence-electron chi connectivity index (χ1n) is 4.83. The van der Waals surface area contributed by atoms with Gasteiger partial charge in [0.1, 0.15) is 0 Å². The molecule has 0 aromatic rings. The molecule has 1 aliphatic carbocycles. The van der Waals surface area contributed by atoms with E-state index in [4.69, 9.17) is 4.74 Å². The first-order chi connectivity index (χ1) is 7.11. The van der Waals surface area contributed by atoms with E-state index in [-0.39, 0.29) is 17.4 Å². The summed E-state index contributed by atoms with van der Waals surface area (Å²) in [6.45, 7) is 2.04. The molecular weight excluding hydrogens is 198 g/mol. The maximum atomic E-state index is 11.3. The zero-order valence-electron chi connectivity index (χ0n) is 8.30. The zero-order valence-corrected chi connectivity index (χ0v) is 8.30. The Labute approximate surface area is 86.6 Å². The summed E-state index contributed by atoms with van der Waals surface area (Å²) >= 11 is 0. The lowest BCUT2D eigenvalue weighted by atomic mass is 9.83. The molecule has 2 rings (SSSR count). The summed E-state index contributed by atoms with van der Waals surface area (Å²) in [5.74, 6) is -0.601. The molecule has 1 heterocycles. The van der Waals surface area contributed by atoms with Gasteiger partial charge in [0.05, 0.1) is 12.2 Å². The monoisotopic (exact) mass is 209 g/mol. The van der Waals surface area contributed by atoms with Gasteiger partial charge in [0.25, 0.3) is 0 Å². The molecule has 0 N–H and O–H groups in total. The molecule has 0 spiro atoms. The van der Waals surface area contributed by atoms with Crippen molar-refractivity contribution in [3.8, 4) is 0 Å². The standard InChI is InChI=1S/C10H11NO4/c1-6-2-3-8-7(9(6)11(13)14)4-5-15-10(8)12/h2-3,6,9H,4-5H2,1H3. The minimum absolute atomic E-state index is 0.162. The second-order valence-corrected chi connectivity index (χ2v) is 3.77. The Morgan fingerprint density at radius 1 is 1.60 bits per heavy atom. The third-order valence-corrected chi connectivity index (χ3v) is 2.82. The van der Waals surface area contributed by atoms with Crippen molar-refractivity contribution in [2.24, 2.45) is 5.92 Å². The minimum atomic E-state index is -0.766. The highest BCUT2D eigenvalue weighted by Crippen LogP contribution is 2.31. The van der Waals surface area contributed by atoms with Crippen molar-refractivity contribution in [2.45, 2.75) is 19.4 Å². The van der Waals surface area contributed by atoms with Crippen LogP contribution in [0.2, 0.25) is 0 Å². The number of nitro groups is 1. The van der Waals surface area contributed by atoms with Gasteiger partial charge < -0.3 is 4.74 Å². The lowest BCUT2D eigenvalue weighted by molar-refractivity contribution is -0.519. The Morgan fingerprint density at radius 2 is 2.33 bits per heavy atom. The molecule has 0 bridgehead atoms. The van der Waals surface area contributed by atoms with E-state index in [9.17, 15) is 14.9 Å². The number of rotatable bonds is 1. The highest BCUT2D eigenvalue weighted by atomic mass is 16.6. The number of carbonyl (C=O) groups excluding carboxylic acids is 1. The Hall–Kier alpha value is -1.65. The van der Waals surface area contributed by atoms with Gasteiger partial charge in [-0.15, -0.1) is 0 Å². The molecular formula is C10H11NO4. The van der Waals surface area contributed by atoms with Crippen LogP contribution in [0.4, 0.5) is 0 Å². The number of hydrogen-bond acceptors (Lipinski definition) is 4. The van der Waals surface area contributed by atoms with Crippen molar-refractivity contribution < 1.29 is 14.5 Å². The Bertz CT molecular complexity index is 383. The van der Waals surface area contributed by atoms with Gasteiger partial charge in [-0.2, -0.15) is 0 Å². The van der Waals surface area contributed by atoms with E-state index >= 15 is 0 Å². The maximum Gasteiger partial charge on any atom is 0.338 e. The van der Waals surface area contributed by atoms with Crippen LogP contribution in [-0.4, -0.2) is 23.5 Å². The first kappa shape index (κ1) is 9.89. The SMILES string of the molecule is CC1C=CC2=C(CCOC2=O)C1[N+](=O)[O-]. The predicted molar refractivity (Wildman–Crippen MR) is 51.7 cm³/mol. The van der Waals surface area contributed by atoms with Gasteiger partial charge >= 0.3 is 5.97 Å². The van der Waals surface area contributed by atoms with Crippen molar-refractivity contribution in [1.82, 2.24) is 0 Å². The third kappa shape index (κ3) is 1.54. The molecule has 0 amide bonds. The van der Waals surface area contributed by atoms with E-state index in [1.165, 1.54) is 0 Å². The normalized spacial score (nSPS) is 29.8. The van der Waals surface area contributed by atoms with Crippen molar-refractivity contribution in [3.05, 3.63) is 33.4 Å². The molecule has 0 radical (unpaired) electrons. The van der Waals surface area contributed by atoms with E-state index in [0.717, 1.165) is 0 Å². The number of ether oxygens (including phenoxy) is 1. The average molecular weight is 209 g/mol. The maximum absolute atomic E-state index is 11.3. The van der Waals surface area contributed by atoms with E-state index in [0.29, 0.717) is 17.6 Å². The summed E-state index contributed by atoms with van der Waals surface area (Å²) in [6, 6.07) is -0.766. The van der Waals surface area contributed by atoms with E-state index in [2.05, 4.69) is 0 Å². The lowest BCUT2D eigenvalue weighted by Crippen LogP contribution is -2.35. The van der Waals surface area contributed by atoms with Crippen molar-refractivity contribution in [3.63, 3.8) is 0 Å². The predicted octanol–water partition coefficient (Wildman–Crippen LogP) is 1.08. The summed E-state index contributed by atoms with van der Waals surface area (Å²) in [7, 11) is 0. The van der Waals surface area contributed by atoms with Gasteiger partial charge in [-0.25, -0.2) is 4.79 Å². The third-order valence-electron chi connectivity index (χ3n) is 2.82. The summed E-state index contributed by atoms with van der Waals surface area (Å²) in [5, 5.41) is 10.9. The van der Waals surface area contributed by atoms with Crippen LogP contribution >= 0.6 is 0 Å². The van der Waals surface area contributed by atoms with Crippen LogP contribution < -0.4 is 0 Å². The Morgan fingerprint density at radius 3 is 3.00 bits per heavy atom. The van der Waals surface area contributed by atoms with Crippen LogP contribution in [0.25, 0.3) is 0 Å². The van der Waals surface area contributed by atoms with Crippen LogP contribution in [0.15, 0.2) is 23.3 Å². The van der Waals surface area contributed by atoms with Gasteiger partial charge in [-0.1, -0.05) is 19.1 Å². The molecule has 2 aliphatic rings. The molecule has 1 aliphatic heterocycles. The minimum Gasteiger partial charge on any atom is -0.462 e. The van der Waals surface area contributed by atoms with Gasteiger partial charge in [-0.05, 0) is 0 Å². The summed E-state index contributed by atoms with van der Waals surface area (Å²) in [6.07, 6.45) is 3.81. The van der Waals surface area contributed by atoms with E-state index in [1.807, 2.05) is 0 Å². The smallest absolute Gasteiger partial charge is 0.338 e. The van der Waals surface area contributed by atoms with Crippen molar-refractivity contribution in [1.29, 1.82) is 0 Å². The lowest BCUT2D eigenvalue weighted by Gasteiger charge is -2.26. The van der Waals surface area contributed by atoms with Crippen molar-refractivity contribution >= 4 is 5.97 Å². The molecule has 0 aromatic heterocycles. The van der Waals surface area contributed by atoms with E-state index in [1.54, 1.807) is 19.1 Å². The average Bonchev–Trinajstić information content (AvgIpc) is 2.17. The molecule has 5 heteroatoms. The topological polar surface area (TPSA) is 69.4 Å². The molecule has 2 atom stereocenters. The largest absolute Gasteiger partial charge is 0.462 e. The molecule has 0 fully saturated rings. The summed E-state index contributed by atoms with van der Waals surface area (Å²) in [4.78, 5) is 21.9. The molecule has 0 saturated carbocycles. The second kappa shape index (κ2) is 3.49. The van der Waals surface area contributed by atoms with Crippen LogP contribution in [0, 0.1) is 16.0 Å². The van der Waals surface area contributed by atoms with Gasteiger partial charge in [0, 0.05) is 22.8 Å². The van der Waals surface area contributed by atoms with Crippen LogP contribution in [0.1, 0.15) is 13.3 Å². The number of carbonyl (C=O) groups is 1. The van der Waals surface area contributed by atoms with Crippen LogP contribution in [0.3, 0.4) is 0 Å². The highest BCUT2D eigenvalue weighted by Gasteiger charge is 2.38. The molecule has 2 unspecified atom stereocenters. The number of nitrogens with zero attached hydrogens (tertiary/aromatic N) is 1. The van der Waals surface area contributed by atoms with Gasteiger partial charge in [0.2, 0.25) is 6.04 Å². The van der Waals surface area contributed by atoms with Crippen molar-refractivity contribution in [2.75, 3.05) is 6.61 Å². The fourth-order valence-corrected chi connectivity index (χ4v) is 2.07. The first-order valence-corrected chi connectivity index (χ1v) is 4.83. The molecule has 15 heavy (non-hydrogen) atoms. The van der Waals surface area contributed by atoms with Gasteiger partial charge in [0.15, 0.2) is 0 Å². The van der Waals surface area contributed by atoms with Crippen LogP contribution in [-0.2, 0) is 9.53 Å². The summed E-state index contributed by atoms with van der Waals surface area (Å²) in [5.41, 5.74) is 0.993. The highest BCUT2D eigenvalue weighted by molar-refractivity contribution is 5.93. The Kier molecular flexibility index (Phi) is 2.30. The second-order valence-electron chi connectivity index (χ2n) is 3.77. The molecule has 80 valence electrons. The van der Waals surface area contributed by atoms with Crippen LogP contribution in [0.5, 0.6) is 0 Å². The molecule has 0 aromatic carbocycles. The van der Waals surface area contributed by atoms with Gasteiger partial charge in [-0.3, -0.25) is 10.1 Å². The quantitative estimate of drug-likeness (QED) is 0.368. The Balaban J connectivity index is 2.44. The molecule has 0 saturated heterocycles. The fraction of sp³-hybridized carbons (Fsp3) is 0.500. The number of cyclic esters (lactones) is 1. The van der Waals surface area contributed by atoms with E-state index < -0.39 is 12.0 Å². The number of hydrogen-bond donors (Lipinski definition) is 0.